The second-order valence-corrected chi connectivity index (χ2v) is 16.3. The van der Waals surface area contributed by atoms with Gasteiger partial charge in [-0.05, 0) is 101 Å². The standard InChI is InChI=1S/C43H50N8O4/c1-26-7-8-29(17-27(26)2)19-44-40-36-25-54-24-35(36)34-12-9-30(18-37(34)47-40)22-50(41(52)32-20-45-39(46-21-32)31-10-11-31)38-23-51(48-28(38)3)33-13-15-49(16-14-33)42(53)55-43(4,5)6/h7-9,12,17-18,20-21,23,31,33H,10-11,13-16,19,22,24-25H2,1-6H3,(H,44,47). The number of piperidine rings is 1. The SMILES string of the molecule is Cc1ccc(CNc2nc3cc(CN(C(=O)c4cnc(C5CC5)nc4)c4cn(C5CCN(C(=O)OC(C)(C)C)CC5)nc4C)ccc3c3c2COC3)cc1C. The van der Waals surface area contributed by atoms with Crippen molar-refractivity contribution in [3.8, 4) is 0 Å². The molecule has 55 heavy (non-hydrogen) atoms. The first-order chi connectivity index (χ1) is 26.4. The Morgan fingerprint density at radius 2 is 1.65 bits per heavy atom. The van der Waals surface area contributed by atoms with Gasteiger partial charge in [0.1, 0.15) is 17.2 Å². The van der Waals surface area contributed by atoms with Crippen LogP contribution in [0.2, 0.25) is 0 Å². The van der Waals surface area contributed by atoms with Crippen molar-refractivity contribution in [2.45, 2.75) is 111 Å². The van der Waals surface area contributed by atoms with Crippen LogP contribution in [0.4, 0.5) is 16.3 Å². The first-order valence-electron chi connectivity index (χ1n) is 19.4. The molecule has 5 aromatic rings. The lowest BCUT2D eigenvalue weighted by Gasteiger charge is -2.33. The number of aromatic nitrogens is 5. The van der Waals surface area contributed by atoms with Crippen molar-refractivity contribution in [3.63, 3.8) is 0 Å². The molecule has 3 aromatic heterocycles. The molecule has 0 radical (unpaired) electrons. The van der Waals surface area contributed by atoms with Crippen molar-refractivity contribution in [2.75, 3.05) is 23.3 Å². The number of nitrogens with one attached hydrogen (secondary N) is 1. The molecule has 12 heteroatoms. The Balaban J connectivity index is 1.08. The highest BCUT2D eigenvalue weighted by atomic mass is 16.6. The van der Waals surface area contributed by atoms with Crippen LogP contribution in [-0.2, 0) is 35.8 Å². The van der Waals surface area contributed by atoms with Gasteiger partial charge in [-0.3, -0.25) is 9.48 Å². The summed E-state index contributed by atoms with van der Waals surface area (Å²) in [5.74, 6) is 1.81. The van der Waals surface area contributed by atoms with E-state index in [-0.39, 0.29) is 18.0 Å². The molecule has 8 rings (SSSR count). The molecule has 0 atom stereocenters. The van der Waals surface area contributed by atoms with Crippen LogP contribution in [0, 0.1) is 20.8 Å². The molecule has 2 fully saturated rings. The fourth-order valence-electron chi connectivity index (χ4n) is 7.51. The second-order valence-electron chi connectivity index (χ2n) is 16.3. The van der Waals surface area contributed by atoms with Gasteiger partial charge in [0.05, 0.1) is 48.3 Å². The zero-order valence-corrected chi connectivity index (χ0v) is 32.7. The van der Waals surface area contributed by atoms with Gasteiger partial charge < -0.3 is 24.6 Å². The van der Waals surface area contributed by atoms with Gasteiger partial charge in [-0.1, -0.05) is 30.3 Å². The third kappa shape index (κ3) is 7.91. The number of hydrogen-bond donors (Lipinski definition) is 1. The molecule has 2 aromatic carbocycles. The van der Waals surface area contributed by atoms with E-state index in [2.05, 4.69) is 65.5 Å². The molecular formula is C43H50N8O4. The van der Waals surface area contributed by atoms with Crippen molar-refractivity contribution in [1.82, 2.24) is 29.6 Å². The number of carbonyl (C=O) groups is 2. The number of benzene rings is 2. The van der Waals surface area contributed by atoms with Crippen molar-refractivity contribution in [3.05, 3.63) is 105 Å². The molecule has 0 spiro atoms. The Hall–Kier alpha value is -5.36. The van der Waals surface area contributed by atoms with Crippen LogP contribution < -0.4 is 10.2 Å². The second kappa shape index (κ2) is 14.7. The zero-order valence-electron chi connectivity index (χ0n) is 32.7. The number of amides is 2. The molecular weight excluding hydrogens is 693 g/mol. The van der Waals surface area contributed by atoms with Crippen LogP contribution in [0.25, 0.3) is 10.9 Å². The maximum atomic E-state index is 14.5. The van der Waals surface area contributed by atoms with Gasteiger partial charge >= 0.3 is 6.09 Å². The topological polar surface area (TPSA) is 128 Å². The largest absolute Gasteiger partial charge is 0.444 e. The number of fused-ring (bicyclic) bond motifs is 3. The Bertz CT molecular complexity index is 2250. The number of pyridine rings is 1. The van der Waals surface area contributed by atoms with E-state index < -0.39 is 5.60 Å². The predicted molar refractivity (Wildman–Crippen MR) is 211 cm³/mol. The highest BCUT2D eigenvalue weighted by Crippen LogP contribution is 2.38. The molecule has 1 saturated heterocycles. The number of aryl methyl sites for hydroxylation is 3. The van der Waals surface area contributed by atoms with Crippen molar-refractivity contribution in [1.29, 1.82) is 0 Å². The van der Waals surface area contributed by atoms with Gasteiger partial charge in [0.2, 0.25) is 0 Å². The van der Waals surface area contributed by atoms with Crippen molar-refractivity contribution < 1.29 is 19.1 Å². The van der Waals surface area contributed by atoms with E-state index in [1.807, 2.05) is 38.6 Å². The zero-order chi connectivity index (χ0) is 38.4. The number of rotatable bonds is 9. The molecule has 2 aliphatic heterocycles. The predicted octanol–water partition coefficient (Wildman–Crippen LogP) is 8.09. The first kappa shape index (κ1) is 36.6. The van der Waals surface area contributed by atoms with Crippen LogP contribution in [0.1, 0.15) is 114 Å². The van der Waals surface area contributed by atoms with Crippen LogP contribution in [0.15, 0.2) is 55.0 Å². The molecule has 2 amide bonds. The summed E-state index contributed by atoms with van der Waals surface area (Å²) in [6, 6.07) is 12.8. The fourth-order valence-corrected chi connectivity index (χ4v) is 7.51. The highest BCUT2D eigenvalue weighted by molar-refractivity contribution is 6.06. The van der Waals surface area contributed by atoms with Gasteiger partial charge in [-0.25, -0.2) is 19.7 Å². The normalized spacial score (nSPS) is 16.0. The average molecular weight is 743 g/mol. The molecule has 1 aliphatic carbocycles. The molecule has 5 heterocycles. The van der Waals surface area contributed by atoms with Crippen molar-refractivity contribution >= 4 is 34.4 Å². The summed E-state index contributed by atoms with van der Waals surface area (Å²) in [7, 11) is 0. The maximum absolute atomic E-state index is 14.5. The van der Waals surface area contributed by atoms with E-state index >= 15 is 0 Å². The number of carbonyl (C=O) groups excluding carboxylic acids is 2. The lowest BCUT2D eigenvalue weighted by Crippen LogP contribution is -2.42. The highest BCUT2D eigenvalue weighted by Gasteiger charge is 2.31. The number of anilines is 2. The summed E-state index contributed by atoms with van der Waals surface area (Å²) in [4.78, 5) is 45.0. The smallest absolute Gasteiger partial charge is 0.410 e. The Morgan fingerprint density at radius 1 is 0.927 bits per heavy atom. The van der Waals surface area contributed by atoms with Gasteiger partial charge in [0.15, 0.2) is 0 Å². The Labute approximate surface area is 322 Å². The van der Waals surface area contributed by atoms with Crippen molar-refractivity contribution in [2.24, 2.45) is 0 Å². The molecule has 0 bridgehead atoms. The van der Waals surface area contributed by atoms with Crippen LogP contribution >= 0.6 is 0 Å². The lowest BCUT2D eigenvalue weighted by molar-refractivity contribution is 0.0184. The Kier molecular flexibility index (Phi) is 9.79. The minimum atomic E-state index is -0.545. The minimum Gasteiger partial charge on any atom is -0.444 e. The van der Waals surface area contributed by atoms with E-state index in [0.717, 1.165) is 76.3 Å². The summed E-state index contributed by atoms with van der Waals surface area (Å²) >= 11 is 0. The summed E-state index contributed by atoms with van der Waals surface area (Å²) in [5.41, 5.74) is 9.08. The number of nitrogens with zero attached hydrogens (tertiary/aromatic N) is 7. The number of hydrogen-bond acceptors (Lipinski definition) is 9. The lowest BCUT2D eigenvalue weighted by atomic mass is 10.0. The van der Waals surface area contributed by atoms with Gasteiger partial charge in [0, 0.05) is 55.1 Å². The van der Waals surface area contributed by atoms with E-state index in [1.54, 1.807) is 22.2 Å². The molecule has 12 nitrogen and oxygen atoms in total. The molecule has 1 N–H and O–H groups in total. The van der Waals surface area contributed by atoms with E-state index in [1.165, 1.54) is 16.7 Å². The third-order valence-corrected chi connectivity index (χ3v) is 10.9. The summed E-state index contributed by atoms with van der Waals surface area (Å²) < 4.78 is 13.5. The van der Waals surface area contributed by atoms with Crippen LogP contribution in [0.3, 0.4) is 0 Å². The summed E-state index contributed by atoms with van der Waals surface area (Å²) in [5, 5.41) is 9.57. The Morgan fingerprint density at radius 3 is 2.36 bits per heavy atom. The third-order valence-electron chi connectivity index (χ3n) is 10.9. The summed E-state index contributed by atoms with van der Waals surface area (Å²) in [6.07, 6.45) is 8.62. The number of likely N-dealkylation sites (tertiary alicyclic amines) is 1. The quantitative estimate of drug-likeness (QED) is 0.159. The monoisotopic (exact) mass is 742 g/mol. The summed E-state index contributed by atoms with van der Waals surface area (Å²) in [6.45, 7) is 15.0. The van der Waals surface area contributed by atoms with Gasteiger partial charge in [0.25, 0.3) is 5.91 Å². The molecule has 3 aliphatic rings. The van der Waals surface area contributed by atoms with Gasteiger partial charge in [-0.15, -0.1) is 0 Å². The molecule has 286 valence electrons. The minimum absolute atomic E-state index is 0.0770. The fraction of sp³-hybridized carbons (Fsp3) is 0.442. The van der Waals surface area contributed by atoms with E-state index in [4.69, 9.17) is 19.6 Å². The molecule has 0 unspecified atom stereocenters. The van der Waals surface area contributed by atoms with Crippen LogP contribution in [0.5, 0.6) is 0 Å². The maximum Gasteiger partial charge on any atom is 0.410 e. The number of ether oxygens (including phenoxy) is 2. The van der Waals surface area contributed by atoms with E-state index in [9.17, 15) is 9.59 Å². The average Bonchev–Trinajstić information content (AvgIpc) is 3.77. The molecule has 1 saturated carbocycles. The first-order valence-corrected chi connectivity index (χ1v) is 19.4. The van der Waals surface area contributed by atoms with Gasteiger partial charge in [-0.2, -0.15) is 5.10 Å². The van der Waals surface area contributed by atoms with Crippen LogP contribution in [-0.4, -0.2) is 60.3 Å². The van der Waals surface area contributed by atoms with E-state index in [0.29, 0.717) is 50.9 Å².